The highest BCUT2D eigenvalue weighted by atomic mass is 16.3. The van der Waals surface area contributed by atoms with E-state index in [1.807, 2.05) is 25.1 Å². The van der Waals surface area contributed by atoms with Gasteiger partial charge in [0.25, 0.3) is 0 Å². The van der Waals surface area contributed by atoms with Crippen LogP contribution >= 0.6 is 0 Å². The maximum Gasteiger partial charge on any atom is 0.180 e. The zero-order valence-corrected chi connectivity index (χ0v) is 10.7. The maximum atomic E-state index is 5.44. The molecule has 2 N–H and O–H groups in total. The lowest BCUT2D eigenvalue weighted by Crippen LogP contribution is -1.91. The summed E-state index contributed by atoms with van der Waals surface area (Å²) in [5, 5.41) is 11.4. The van der Waals surface area contributed by atoms with Crippen LogP contribution in [-0.4, -0.2) is 20.2 Å². The van der Waals surface area contributed by atoms with Crippen LogP contribution in [0.5, 0.6) is 0 Å². The Bertz CT molecular complexity index is 908. The van der Waals surface area contributed by atoms with E-state index in [1.165, 1.54) is 0 Å². The third-order valence-corrected chi connectivity index (χ3v) is 3.23. The molecule has 4 rings (SSSR count). The Labute approximate surface area is 113 Å². The summed E-state index contributed by atoms with van der Waals surface area (Å²) >= 11 is 0. The lowest BCUT2D eigenvalue weighted by Gasteiger charge is -2.03. The Hall–Kier alpha value is -2.89. The Morgan fingerprint density at radius 2 is 2.10 bits per heavy atom. The SMILES string of the molecule is Cc1coc2ccc(Nc3n[nH]c4nccnc34)cc12. The van der Waals surface area contributed by atoms with Gasteiger partial charge in [0, 0.05) is 23.5 Å². The number of fused-ring (bicyclic) bond motifs is 2. The highest BCUT2D eigenvalue weighted by Crippen LogP contribution is 2.26. The van der Waals surface area contributed by atoms with Crippen molar-refractivity contribution in [3.63, 3.8) is 0 Å². The summed E-state index contributed by atoms with van der Waals surface area (Å²) in [6.07, 6.45) is 5.03. The summed E-state index contributed by atoms with van der Waals surface area (Å²) in [5.41, 5.74) is 4.29. The fraction of sp³-hybridized carbons (Fsp3) is 0.0714. The number of nitrogens with zero attached hydrogens (tertiary/aromatic N) is 3. The van der Waals surface area contributed by atoms with Crippen molar-refractivity contribution in [1.29, 1.82) is 0 Å². The summed E-state index contributed by atoms with van der Waals surface area (Å²) in [4.78, 5) is 8.43. The zero-order chi connectivity index (χ0) is 13.5. The fourth-order valence-corrected chi connectivity index (χ4v) is 2.21. The summed E-state index contributed by atoms with van der Waals surface area (Å²) in [7, 11) is 0. The fourth-order valence-electron chi connectivity index (χ4n) is 2.21. The van der Waals surface area contributed by atoms with Crippen LogP contribution < -0.4 is 5.32 Å². The van der Waals surface area contributed by atoms with Gasteiger partial charge in [-0.1, -0.05) is 0 Å². The first-order valence-corrected chi connectivity index (χ1v) is 6.21. The van der Waals surface area contributed by atoms with Gasteiger partial charge in [-0.05, 0) is 30.7 Å². The molecule has 0 fully saturated rings. The first-order chi connectivity index (χ1) is 9.81. The summed E-state index contributed by atoms with van der Waals surface area (Å²) in [6, 6.07) is 5.92. The molecule has 0 amide bonds. The van der Waals surface area contributed by atoms with Crippen molar-refractivity contribution < 1.29 is 4.42 Å². The molecule has 0 radical (unpaired) electrons. The number of hydrogen-bond acceptors (Lipinski definition) is 5. The molecule has 0 aliphatic heterocycles. The molecule has 0 bridgehead atoms. The minimum Gasteiger partial charge on any atom is -0.464 e. The van der Waals surface area contributed by atoms with Crippen molar-refractivity contribution in [2.45, 2.75) is 6.92 Å². The van der Waals surface area contributed by atoms with Crippen LogP contribution in [0.25, 0.3) is 22.1 Å². The molecule has 0 unspecified atom stereocenters. The average molecular weight is 265 g/mol. The minimum absolute atomic E-state index is 0.661. The second-order valence-corrected chi connectivity index (χ2v) is 4.58. The molecule has 20 heavy (non-hydrogen) atoms. The predicted octanol–water partition coefficient (Wildman–Crippen LogP) is 3.15. The van der Waals surface area contributed by atoms with Crippen LogP contribution in [-0.2, 0) is 0 Å². The molecule has 3 aromatic heterocycles. The van der Waals surface area contributed by atoms with Crippen LogP contribution in [0.15, 0.2) is 41.3 Å². The number of nitrogens with one attached hydrogen (secondary N) is 2. The number of H-pyrrole nitrogens is 1. The Balaban J connectivity index is 1.78. The lowest BCUT2D eigenvalue weighted by atomic mass is 10.2. The molecule has 0 atom stereocenters. The molecule has 3 heterocycles. The summed E-state index contributed by atoms with van der Waals surface area (Å²) < 4.78 is 5.44. The van der Waals surface area contributed by atoms with E-state index in [1.54, 1.807) is 18.7 Å². The number of benzene rings is 1. The smallest absolute Gasteiger partial charge is 0.180 e. The maximum absolute atomic E-state index is 5.44. The van der Waals surface area contributed by atoms with Crippen LogP contribution in [0.4, 0.5) is 11.5 Å². The van der Waals surface area contributed by atoms with Gasteiger partial charge in [-0.2, -0.15) is 5.10 Å². The van der Waals surface area contributed by atoms with Gasteiger partial charge in [-0.25, -0.2) is 9.97 Å². The molecule has 4 aromatic rings. The van der Waals surface area contributed by atoms with E-state index in [-0.39, 0.29) is 0 Å². The normalized spacial score (nSPS) is 11.2. The molecule has 0 aliphatic carbocycles. The number of aromatic amines is 1. The van der Waals surface area contributed by atoms with Crippen molar-refractivity contribution >= 4 is 33.6 Å². The van der Waals surface area contributed by atoms with E-state index in [2.05, 4.69) is 25.5 Å². The number of rotatable bonds is 2. The van der Waals surface area contributed by atoms with E-state index >= 15 is 0 Å². The van der Waals surface area contributed by atoms with Crippen molar-refractivity contribution in [1.82, 2.24) is 20.2 Å². The molecule has 98 valence electrons. The molecule has 0 spiro atoms. The number of aryl methyl sites for hydroxylation is 1. The quantitative estimate of drug-likeness (QED) is 0.582. The average Bonchev–Trinajstić information content (AvgIpc) is 3.05. The molecule has 1 aromatic carbocycles. The number of furan rings is 1. The van der Waals surface area contributed by atoms with E-state index in [0.717, 1.165) is 27.7 Å². The van der Waals surface area contributed by atoms with Gasteiger partial charge in [-0.3, -0.25) is 5.10 Å². The summed E-state index contributed by atoms with van der Waals surface area (Å²) in [6.45, 7) is 2.02. The van der Waals surface area contributed by atoms with Crippen LogP contribution in [0.2, 0.25) is 0 Å². The first kappa shape index (κ1) is 11.0. The lowest BCUT2D eigenvalue weighted by molar-refractivity contribution is 0.613. The topological polar surface area (TPSA) is 79.6 Å². The summed E-state index contributed by atoms with van der Waals surface area (Å²) in [5.74, 6) is 0.661. The van der Waals surface area contributed by atoms with Crippen molar-refractivity contribution in [3.8, 4) is 0 Å². The highest BCUT2D eigenvalue weighted by molar-refractivity contribution is 5.88. The molecule has 0 aliphatic rings. The van der Waals surface area contributed by atoms with Crippen molar-refractivity contribution in [2.75, 3.05) is 5.32 Å². The molecular weight excluding hydrogens is 254 g/mol. The predicted molar refractivity (Wildman–Crippen MR) is 75.9 cm³/mol. The van der Waals surface area contributed by atoms with Crippen molar-refractivity contribution in [2.24, 2.45) is 0 Å². The number of anilines is 2. The van der Waals surface area contributed by atoms with Crippen LogP contribution in [0.3, 0.4) is 0 Å². The minimum atomic E-state index is 0.661. The Morgan fingerprint density at radius 3 is 3.05 bits per heavy atom. The van der Waals surface area contributed by atoms with E-state index in [4.69, 9.17) is 4.42 Å². The molecule has 0 saturated carbocycles. The van der Waals surface area contributed by atoms with Gasteiger partial charge in [0.15, 0.2) is 17.0 Å². The van der Waals surface area contributed by atoms with Crippen molar-refractivity contribution in [3.05, 3.63) is 42.4 Å². The molecule has 0 saturated heterocycles. The van der Waals surface area contributed by atoms with Crippen LogP contribution in [0, 0.1) is 6.92 Å². The molecule has 6 nitrogen and oxygen atoms in total. The third-order valence-electron chi connectivity index (χ3n) is 3.23. The number of hydrogen-bond donors (Lipinski definition) is 2. The van der Waals surface area contributed by atoms with E-state index in [9.17, 15) is 0 Å². The second kappa shape index (κ2) is 4.06. The Kier molecular flexibility index (Phi) is 2.23. The molecular formula is C14H11N5O. The second-order valence-electron chi connectivity index (χ2n) is 4.58. The van der Waals surface area contributed by atoms with Gasteiger partial charge in [-0.15, -0.1) is 0 Å². The monoisotopic (exact) mass is 265 g/mol. The zero-order valence-electron chi connectivity index (χ0n) is 10.7. The largest absolute Gasteiger partial charge is 0.464 e. The van der Waals surface area contributed by atoms with Gasteiger partial charge in [0.1, 0.15) is 5.58 Å². The molecule has 6 heteroatoms. The van der Waals surface area contributed by atoms with Crippen LogP contribution in [0.1, 0.15) is 5.56 Å². The van der Waals surface area contributed by atoms with Gasteiger partial charge in [0.05, 0.1) is 6.26 Å². The van der Waals surface area contributed by atoms with E-state index in [0.29, 0.717) is 11.5 Å². The van der Waals surface area contributed by atoms with Gasteiger partial charge < -0.3 is 9.73 Å². The standard InChI is InChI=1S/C14H11N5O/c1-8-7-20-11-3-2-9(6-10(8)11)17-14-12-13(18-19-14)16-5-4-15-12/h2-7H,1H3,(H2,16,17,18,19). The number of aromatic nitrogens is 4. The highest BCUT2D eigenvalue weighted by Gasteiger charge is 2.09. The van der Waals surface area contributed by atoms with Gasteiger partial charge in [0.2, 0.25) is 0 Å². The Morgan fingerprint density at radius 1 is 1.20 bits per heavy atom. The van der Waals surface area contributed by atoms with Gasteiger partial charge >= 0.3 is 0 Å². The van der Waals surface area contributed by atoms with E-state index < -0.39 is 0 Å². The third kappa shape index (κ3) is 1.62. The first-order valence-electron chi connectivity index (χ1n) is 6.21.